The molecule has 2 rings (SSSR count). The van der Waals surface area contributed by atoms with Crippen LogP contribution in [0.5, 0.6) is 0 Å². The van der Waals surface area contributed by atoms with Crippen molar-refractivity contribution in [2.75, 3.05) is 6.54 Å². The molecule has 0 aromatic carbocycles. The third-order valence-electron chi connectivity index (χ3n) is 3.01. The minimum Gasteiger partial charge on any atom is -0.350 e. The van der Waals surface area contributed by atoms with Crippen LogP contribution < -0.4 is 5.32 Å². The van der Waals surface area contributed by atoms with E-state index in [0.717, 1.165) is 18.5 Å². The molecular weight excluding hydrogens is 270 g/mol. The number of hydrogen-bond donors (Lipinski definition) is 2. The van der Waals surface area contributed by atoms with Crippen LogP contribution >= 0.6 is 0 Å². The van der Waals surface area contributed by atoms with E-state index in [1.807, 2.05) is 13.8 Å². The molecule has 114 valence electrons. The van der Waals surface area contributed by atoms with Crippen LogP contribution in [0.15, 0.2) is 10.6 Å². The fraction of sp³-hybridized carbons (Fsp3) is 0.571. The van der Waals surface area contributed by atoms with Gasteiger partial charge in [-0.15, -0.1) is 0 Å². The molecule has 21 heavy (non-hydrogen) atoms. The molecule has 0 aliphatic rings. The SMILES string of the molecule is CCCc1cc(C(=O)NCCc2nc(C(C)C)no2)n[nH]1. The molecule has 0 bridgehead atoms. The van der Waals surface area contributed by atoms with Gasteiger partial charge in [-0.05, 0) is 12.5 Å². The minimum atomic E-state index is -0.197. The summed E-state index contributed by atoms with van der Waals surface area (Å²) in [5, 5.41) is 13.5. The Morgan fingerprint density at radius 2 is 2.24 bits per heavy atom. The summed E-state index contributed by atoms with van der Waals surface area (Å²) in [7, 11) is 0. The van der Waals surface area contributed by atoms with E-state index in [2.05, 4.69) is 32.6 Å². The van der Waals surface area contributed by atoms with Crippen LogP contribution in [0, 0.1) is 0 Å². The van der Waals surface area contributed by atoms with Crippen molar-refractivity contribution in [2.45, 2.75) is 46.0 Å². The van der Waals surface area contributed by atoms with Gasteiger partial charge in [0.15, 0.2) is 5.82 Å². The van der Waals surface area contributed by atoms with Gasteiger partial charge in [0, 0.05) is 24.6 Å². The smallest absolute Gasteiger partial charge is 0.271 e. The zero-order valence-electron chi connectivity index (χ0n) is 12.6. The van der Waals surface area contributed by atoms with Gasteiger partial charge in [-0.25, -0.2) is 0 Å². The van der Waals surface area contributed by atoms with Crippen LogP contribution in [0.3, 0.4) is 0 Å². The van der Waals surface area contributed by atoms with Crippen molar-refractivity contribution in [3.63, 3.8) is 0 Å². The van der Waals surface area contributed by atoms with Crippen LogP contribution in [0.25, 0.3) is 0 Å². The maximum atomic E-state index is 11.9. The number of aromatic nitrogens is 4. The summed E-state index contributed by atoms with van der Waals surface area (Å²) >= 11 is 0. The van der Waals surface area contributed by atoms with Gasteiger partial charge in [-0.3, -0.25) is 9.89 Å². The number of rotatable bonds is 7. The number of aryl methyl sites for hydroxylation is 1. The lowest BCUT2D eigenvalue weighted by atomic mass is 10.2. The van der Waals surface area contributed by atoms with Crippen molar-refractivity contribution in [1.82, 2.24) is 25.7 Å². The molecule has 7 nitrogen and oxygen atoms in total. The first kappa shape index (κ1) is 15.2. The molecule has 0 fully saturated rings. The lowest BCUT2D eigenvalue weighted by Crippen LogP contribution is -2.26. The second-order valence-corrected chi connectivity index (χ2v) is 5.24. The molecule has 7 heteroatoms. The molecule has 1 amide bonds. The van der Waals surface area contributed by atoms with Gasteiger partial charge in [0.05, 0.1) is 0 Å². The Balaban J connectivity index is 1.80. The zero-order chi connectivity index (χ0) is 15.2. The predicted molar refractivity (Wildman–Crippen MR) is 77.0 cm³/mol. The maximum Gasteiger partial charge on any atom is 0.271 e. The average molecular weight is 291 g/mol. The van der Waals surface area contributed by atoms with Gasteiger partial charge in [-0.1, -0.05) is 32.3 Å². The van der Waals surface area contributed by atoms with Crippen molar-refractivity contribution in [2.24, 2.45) is 0 Å². The van der Waals surface area contributed by atoms with E-state index in [0.29, 0.717) is 30.4 Å². The Kier molecular flexibility index (Phi) is 5.08. The van der Waals surface area contributed by atoms with Gasteiger partial charge in [0.25, 0.3) is 5.91 Å². The first-order chi connectivity index (χ1) is 10.1. The summed E-state index contributed by atoms with van der Waals surface area (Å²) in [4.78, 5) is 16.2. The Morgan fingerprint density at radius 3 is 2.90 bits per heavy atom. The Hall–Kier alpha value is -2.18. The summed E-state index contributed by atoms with van der Waals surface area (Å²) in [6.07, 6.45) is 2.41. The molecule has 0 atom stereocenters. The van der Waals surface area contributed by atoms with Gasteiger partial charge >= 0.3 is 0 Å². The highest BCUT2D eigenvalue weighted by molar-refractivity contribution is 5.92. The fourth-order valence-electron chi connectivity index (χ4n) is 1.85. The first-order valence-corrected chi connectivity index (χ1v) is 7.25. The minimum absolute atomic E-state index is 0.197. The topological polar surface area (TPSA) is 96.7 Å². The molecule has 0 spiro atoms. The average Bonchev–Trinajstić information content (AvgIpc) is 3.08. The van der Waals surface area contributed by atoms with E-state index in [1.54, 1.807) is 6.07 Å². The molecule has 2 aromatic rings. The summed E-state index contributed by atoms with van der Waals surface area (Å²) in [6, 6.07) is 1.78. The molecule has 2 N–H and O–H groups in total. The predicted octanol–water partition coefficient (Wildman–Crippen LogP) is 1.84. The summed E-state index contributed by atoms with van der Waals surface area (Å²) < 4.78 is 5.12. The monoisotopic (exact) mass is 291 g/mol. The van der Waals surface area contributed by atoms with E-state index in [1.165, 1.54) is 0 Å². The number of carbonyl (C=O) groups excluding carboxylic acids is 1. The number of carbonyl (C=O) groups is 1. The molecule has 2 aromatic heterocycles. The number of H-pyrrole nitrogens is 1. The van der Waals surface area contributed by atoms with Crippen LogP contribution in [0.2, 0.25) is 0 Å². The van der Waals surface area contributed by atoms with Gasteiger partial charge in [0.2, 0.25) is 5.89 Å². The van der Waals surface area contributed by atoms with E-state index in [9.17, 15) is 4.79 Å². The van der Waals surface area contributed by atoms with Gasteiger partial charge in [-0.2, -0.15) is 10.1 Å². The van der Waals surface area contributed by atoms with Crippen molar-refractivity contribution < 1.29 is 9.32 Å². The van der Waals surface area contributed by atoms with E-state index < -0.39 is 0 Å². The van der Waals surface area contributed by atoms with Crippen LogP contribution in [0.4, 0.5) is 0 Å². The Morgan fingerprint density at radius 1 is 1.43 bits per heavy atom. The van der Waals surface area contributed by atoms with Gasteiger partial charge < -0.3 is 9.84 Å². The number of aromatic amines is 1. The molecular formula is C14H21N5O2. The van der Waals surface area contributed by atoms with Crippen molar-refractivity contribution >= 4 is 5.91 Å². The third kappa shape index (κ3) is 4.14. The fourth-order valence-corrected chi connectivity index (χ4v) is 1.85. The summed E-state index contributed by atoms with van der Waals surface area (Å²) in [5.41, 5.74) is 1.38. The largest absolute Gasteiger partial charge is 0.350 e. The van der Waals surface area contributed by atoms with Crippen molar-refractivity contribution in [3.8, 4) is 0 Å². The van der Waals surface area contributed by atoms with E-state index in [-0.39, 0.29) is 11.8 Å². The molecule has 0 unspecified atom stereocenters. The number of nitrogens with zero attached hydrogens (tertiary/aromatic N) is 3. The first-order valence-electron chi connectivity index (χ1n) is 7.25. The van der Waals surface area contributed by atoms with Crippen LogP contribution in [-0.4, -0.2) is 32.8 Å². The number of nitrogens with one attached hydrogen (secondary N) is 2. The molecule has 0 aliphatic carbocycles. The Bertz CT molecular complexity index is 588. The molecule has 0 saturated heterocycles. The molecule has 0 radical (unpaired) electrons. The quantitative estimate of drug-likeness (QED) is 0.811. The van der Waals surface area contributed by atoms with E-state index >= 15 is 0 Å². The number of amides is 1. The second-order valence-electron chi connectivity index (χ2n) is 5.24. The van der Waals surface area contributed by atoms with Gasteiger partial charge in [0.1, 0.15) is 5.69 Å². The second kappa shape index (κ2) is 7.01. The number of hydrogen-bond acceptors (Lipinski definition) is 5. The lowest BCUT2D eigenvalue weighted by Gasteiger charge is -1.99. The summed E-state index contributed by atoms with van der Waals surface area (Å²) in [5.74, 6) is 1.26. The standard InChI is InChI=1S/C14H21N5O2/c1-4-5-10-8-11(18-17-10)14(20)15-7-6-12-16-13(9(2)3)19-21-12/h8-9H,4-7H2,1-3H3,(H,15,20)(H,17,18). The Labute approximate surface area is 123 Å². The van der Waals surface area contributed by atoms with Crippen LogP contribution in [-0.2, 0) is 12.8 Å². The molecule has 0 saturated carbocycles. The normalized spacial score (nSPS) is 11.0. The lowest BCUT2D eigenvalue weighted by molar-refractivity contribution is 0.0948. The highest BCUT2D eigenvalue weighted by Crippen LogP contribution is 2.09. The molecule has 0 aliphatic heterocycles. The highest BCUT2D eigenvalue weighted by atomic mass is 16.5. The third-order valence-corrected chi connectivity index (χ3v) is 3.01. The van der Waals surface area contributed by atoms with Crippen molar-refractivity contribution in [1.29, 1.82) is 0 Å². The highest BCUT2D eigenvalue weighted by Gasteiger charge is 2.12. The zero-order valence-corrected chi connectivity index (χ0v) is 12.6. The molecule has 2 heterocycles. The maximum absolute atomic E-state index is 11.9. The van der Waals surface area contributed by atoms with Crippen LogP contribution in [0.1, 0.15) is 61.0 Å². The summed E-state index contributed by atoms with van der Waals surface area (Å²) in [6.45, 7) is 6.52. The van der Waals surface area contributed by atoms with Crippen molar-refractivity contribution in [3.05, 3.63) is 29.2 Å². The van der Waals surface area contributed by atoms with E-state index in [4.69, 9.17) is 4.52 Å².